The van der Waals surface area contributed by atoms with Gasteiger partial charge in [-0.3, -0.25) is 4.79 Å². The highest BCUT2D eigenvalue weighted by Gasteiger charge is 2.31. The van der Waals surface area contributed by atoms with Crippen LogP contribution in [-0.2, 0) is 16.8 Å². The Balaban J connectivity index is 3.08. The van der Waals surface area contributed by atoms with E-state index in [9.17, 15) is 4.79 Å². The summed E-state index contributed by atoms with van der Waals surface area (Å²) in [7, 11) is 0. The zero-order valence-corrected chi connectivity index (χ0v) is 9.29. The van der Waals surface area contributed by atoms with Gasteiger partial charge >= 0.3 is 0 Å². The van der Waals surface area contributed by atoms with Crippen LogP contribution >= 0.6 is 0 Å². The van der Waals surface area contributed by atoms with Gasteiger partial charge in [0.25, 0.3) is 0 Å². The molecule has 3 nitrogen and oxygen atoms in total. The molecule has 0 saturated heterocycles. The molecule has 3 heteroatoms. The normalized spacial score (nSPS) is 14.6. The van der Waals surface area contributed by atoms with Crippen molar-refractivity contribution in [2.24, 2.45) is 11.5 Å². The summed E-state index contributed by atoms with van der Waals surface area (Å²) in [4.78, 5) is 11.3. The van der Waals surface area contributed by atoms with Gasteiger partial charge in [0.1, 0.15) is 5.54 Å². The maximum absolute atomic E-state index is 11.3. The van der Waals surface area contributed by atoms with Crippen LogP contribution in [0.3, 0.4) is 0 Å². The predicted molar refractivity (Wildman–Crippen MR) is 61.2 cm³/mol. The summed E-state index contributed by atoms with van der Waals surface area (Å²) in [6, 6.07) is 7.73. The van der Waals surface area contributed by atoms with E-state index in [1.807, 2.05) is 31.2 Å². The van der Waals surface area contributed by atoms with Crippen molar-refractivity contribution in [1.29, 1.82) is 0 Å². The van der Waals surface area contributed by atoms with Gasteiger partial charge in [0.2, 0.25) is 5.91 Å². The third-order valence-electron chi connectivity index (χ3n) is 2.87. The number of primary amides is 1. The molecule has 0 radical (unpaired) electrons. The molecule has 0 saturated carbocycles. The van der Waals surface area contributed by atoms with Crippen LogP contribution in [0.1, 0.15) is 31.4 Å². The van der Waals surface area contributed by atoms with Crippen LogP contribution in [0, 0.1) is 0 Å². The molecular formula is C12H18N2O. The van der Waals surface area contributed by atoms with Crippen molar-refractivity contribution in [2.45, 2.75) is 32.2 Å². The molecule has 1 unspecified atom stereocenters. The molecule has 0 fully saturated rings. The summed E-state index contributed by atoms with van der Waals surface area (Å²) >= 11 is 0. The zero-order chi connectivity index (χ0) is 11.5. The van der Waals surface area contributed by atoms with Crippen LogP contribution in [0.15, 0.2) is 24.3 Å². The summed E-state index contributed by atoms with van der Waals surface area (Å²) in [6.07, 6.45) is 1.48. The van der Waals surface area contributed by atoms with Crippen LogP contribution in [0.25, 0.3) is 0 Å². The van der Waals surface area contributed by atoms with Gasteiger partial charge < -0.3 is 11.5 Å². The number of rotatable bonds is 4. The SMILES string of the molecule is CCc1ccc(C(N)(CC)C(N)=O)cc1. The van der Waals surface area contributed by atoms with Gasteiger partial charge in [-0.25, -0.2) is 0 Å². The van der Waals surface area contributed by atoms with Crippen LogP contribution in [0.5, 0.6) is 0 Å². The van der Waals surface area contributed by atoms with Gasteiger partial charge in [0.15, 0.2) is 0 Å². The minimum absolute atomic E-state index is 0.478. The molecule has 1 aromatic rings. The van der Waals surface area contributed by atoms with E-state index in [0.29, 0.717) is 6.42 Å². The van der Waals surface area contributed by atoms with Crippen molar-refractivity contribution in [3.63, 3.8) is 0 Å². The Morgan fingerprint density at radius 1 is 1.27 bits per heavy atom. The van der Waals surface area contributed by atoms with E-state index in [2.05, 4.69) is 6.92 Å². The number of carbonyl (C=O) groups excluding carboxylic acids is 1. The van der Waals surface area contributed by atoms with Gasteiger partial charge in [0, 0.05) is 0 Å². The molecule has 0 bridgehead atoms. The van der Waals surface area contributed by atoms with Crippen molar-refractivity contribution in [3.8, 4) is 0 Å². The van der Waals surface area contributed by atoms with E-state index in [-0.39, 0.29) is 0 Å². The predicted octanol–water partition coefficient (Wildman–Crippen LogP) is 1.30. The molecule has 1 aromatic carbocycles. The van der Waals surface area contributed by atoms with Crippen molar-refractivity contribution in [2.75, 3.05) is 0 Å². The molecule has 0 aliphatic rings. The Labute approximate surface area is 90.5 Å². The highest BCUT2D eigenvalue weighted by atomic mass is 16.1. The highest BCUT2D eigenvalue weighted by Crippen LogP contribution is 2.22. The first kappa shape index (κ1) is 11.7. The van der Waals surface area contributed by atoms with E-state index in [4.69, 9.17) is 11.5 Å². The molecule has 0 heterocycles. The lowest BCUT2D eigenvalue weighted by molar-refractivity contribution is -0.123. The quantitative estimate of drug-likeness (QED) is 0.779. The minimum atomic E-state index is -1.04. The number of carbonyl (C=O) groups is 1. The van der Waals surface area contributed by atoms with Crippen LogP contribution in [0.4, 0.5) is 0 Å². The Kier molecular flexibility index (Phi) is 3.48. The maximum atomic E-state index is 11.3. The summed E-state index contributed by atoms with van der Waals surface area (Å²) in [5, 5.41) is 0. The standard InChI is InChI=1S/C12H18N2O/c1-3-9-5-7-10(8-6-9)12(14,4-2)11(13)15/h5-8H,3-4,14H2,1-2H3,(H2,13,15). The monoisotopic (exact) mass is 206 g/mol. The maximum Gasteiger partial charge on any atom is 0.242 e. The minimum Gasteiger partial charge on any atom is -0.368 e. The van der Waals surface area contributed by atoms with Gasteiger partial charge in [-0.05, 0) is 24.0 Å². The topological polar surface area (TPSA) is 69.1 Å². The fourth-order valence-corrected chi connectivity index (χ4v) is 1.56. The van der Waals surface area contributed by atoms with E-state index < -0.39 is 11.4 Å². The number of aryl methyl sites for hydroxylation is 1. The molecule has 4 N–H and O–H groups in total. The van der Waals surface area contributed by atoms with Gasteiger partial charge in [-0.1, -0.05) is 38.1 Å². The zero-order valence-electron chi connectivity index (χ0n) is 9.29. The molecule has 1 rings (SSSR count). The second-order valence-corrected chi connectivity index (χ2v) is 3.74. The van der Waals surface area contributed by atoms with E-state index >= 15 is 0 Å². The lowest BCUT2D eigenvalue weighted by Crippen LogP contribution is -2.48. The van der Waals surface area contributed by atoms with Crippen molar-refractivity contribution in [3.05, 3.63) is 35.4 Å². The van der Waals surface area contributed by atoms with Gasteiger partial charge in [-0.15, -0.1) is 0 Å². The van der Waals surface area contributed by atoms with Crippen LogP contribution < -0.4 is 11.5 Å². The molecular weight excluding hydrogens is 188 g/mol. The summed E-state index contributed by atoms with van der Waals surface area (Å²) < 4.78 is 0. The first-order valence-corrected chi connectivity index (χ1v) is 5.22. The van der Waals surface area contributed by atoms with Crippen molar-refractivity contribution >= 4 is 5.91 Å². The molecule has 0 aliphatic heterocycles. The molecule has 0 spiro atoms. The molecule has 1 amide bonds. The van der Waals surface area contributed by atoms with Crippen LogP contribution in [-0.4, -0.2) is 5.91 Å². The number of nitrogens with two attached hydrogens (primary N) is 2. The lowest BCUT2D eigenvalue weighted by atomic mass is 9.87. The van der Waals surface area contributed by atoms with E-state index in [1.54, 1.807) is 0 Å². The smallest absolute Gasteiger partial charge is 0.242 e. The molecule has 0 aromatic heterocycles. The summed E-state index contributed by atoms with van der Waals surface area (Å²) in [5.74, 6) is -0.478. The fraction of sp³-hybridized carbons (Fsp3) is 0.417. The Bertz CT molecular complexity index is 345. The Morgan fingerprint density at radius 3 is 2.13 bits per heavy atom. The third kappa shape index (κ3) is 2.18. The number of hydrogen-bond acceptors (Lipinski definition) is 2. The first-order chi connectivity index (χ1) is 7.04. The molecule has 0 aliphatic carbocycles. The van der Waals surface area contributed by atoms with Crippen molar-refractivity contribution in [1.82, 2.24) is 0 Å². The van der Waals surface area contributed by atoms with Crippen molar-refractivity contribution < 1.29 is 4.79 Å². The Hall–Kier alpha value is -1.35. The average molecular weight is 206 g/mol. The van der Waals surface area contributed by atoms with Gasteiger partial charge in [-0.2, -0.15) is 0 Å². The third-order valence-corrected chi connectivity index (χ3v) is 2.87. The largest absolute Gasteiger partial charge is 0.368 e. The fourth-order valence-electron chi connectivity index (χ4n) is 1.56. The Morgan fingerprint density at radius 2 is 1.80 bits per heavy atom. The second kappa shape index (κ2) is 4.45. The average Bonchev–Trinajstić information content (AvgIpc) is 2.28. The number of benzene rings is 1. The molecule has 82 valence electrons. The molecule has 1 atom stereocenters. The van der Waals surface area contributed by atoms with Crippen LogP contribution in [0.2, 0.25) is 0 Å². The van der Waals surface area contributed by atoms with E-state index in [0.717, 1.165) is 12.0 Å². The first-order valence-electron chi connectivity index (χ1n) is 5.22. The number of amides is 1. The van der Waals surface area contributed by atoms with E-state index in [1.165, 1.54) is 5.56 Å². The molecule has 15 heavy (non-hydrogen) atoms. The lowest BCUT2D eigenvalue weighted by Gasteiger charge is -2.24. The number of hydrogen-bond donors (Lipinski definition) is 2. The summed E-state index contributed by atoms with van der Waals surface area (Å²) in [5.41, 5.74) is 12.3. The summed E-state index contributed by atoms with van der Waals surface area (Å²) in [6.45, 7) is 3.94. The highest BCUT2D eigenvalue weighted by molar-refractivity contribution is 5.85. The van der Waals surface area contributed by atoms with Gasteiger partial charge in [0.05, 0.1) is 0 Å². The second-order valence-electron chi connectivity index (χ2n) is 3.74.